The average Bonchev–Trinajstić information content (AvgIpc) is 3.19. The van der Waals surface area contributed by atoms with Crippen LogP contribution in [0.2, 0.25) is 0 Å². The largest absolute Gasteiger partial charge is 0.330 e. The Labute approximate surface area is 170 Å². The van der Waals surface area contributed by atoms with Gasteiger partial charge in [0, 0.05) is 11.3 Å². The molecule has 2 aromatic carbocycles. The first-order valence-corrected chi connectivity index (χ1v) is 10.4. The van der Waals surface area contributed by atoms with Gasteiger partial charge in [-0.25, -0.2) is 0 Å². The maximum atomic E-state index is 11.9. The Morgan fingerprint density at radius 1 is 1.00 bits per heavy atom. The van der Waals surface area contributed by atoms with Gasteiger partial charge >= 0.3 is 0 Å². The molecule has 0 aliphatic rings. The number of aromatic nitrogens is 2. The van der Waals surface area contributed by atoms with Crippen LogP contribution in [0.3, 0.4) is 0 Å². The quantitative estimate of drug-likeness (QED) is 0.406. The molecule has 1 heterocycles. The van der Waals surface area contributed by atoms with Crippen molar-refractivity contribution in [3.63, 3.8) is 0 Å². The predicted octanol–water partition coefficient (Wildman–Crippen LogP) is 3.40. The van der Waals surface area contributed by atoms with Gasteiger partial charge in [0.15, 0.2) is 4.34 Å². The second-order valence-corrected chi connectivity index (χ2v) is 7.91. The van der Waals surface area contributed by atoms with Crippen LogP contribution in [-0.4, -0.2) is 27.8 Å². The predicted molar refractivity (Wildman–Crippen MR) is 112 cm³/mol. The van der Waals surface area contributed by atoms with Gasteiger partial charge in [-0.3, -0.25) is 20.4 Å². The number of carbonyl (C=O) groups excluding carboxylic acids is 2. The number of amides is 2. The number of hydrogen-bond donors (Lipinski definition) is 3. The monoisotopic (exact) mass is 413 g/mol. The number of nitrogens with one attached hydrogen (secondary N) is 3. The lowest BCUT2D eigenvalue weighted by Gasteiger charge is -2.06. The Kier molecular flexibility index (Phi) is 6.99. The van der Waals surface area contributed by atoms with Crippen LogP contribution in [0.25, 0.3) is 0 Å². The third-order valence-electron chi connectivity index (χ3n) is 3.70. The molecule has 0 atom stereocenters. The van der Waals surface area contributed by atoms with Crippen LogP contribution in [0.15, 0.2) is 58.9 Å². The molecule has 0 fully saturated rings. The fourth-order valence-electron chi connectivity index (χ4n) is 2.22. The molecule has 0 aliphatic carbocycles. The summed E-state index contributed by atoms with van der Waals surface area (Å²) in [5, 5.41) is 12.0. The fraction of sp³-hybridized carbons (Fsp3) is 0.158. The molecule has 1 aromatic heterocycles. The minimum Gasteiger partial charge on any atom is -0.330 e. The Balaban J connectivity index is 1.43. The van der Waals surface area contributed by atoms with E-state index in [0.717, 1.165) is 12.1 Å². The molecule has 3 aromatic rings. The van der Waals surface area contributed by atoms with E-state index in [-0.39, 0.29) is 17.6 Å². The molecule has 3 rings (SSSR count). The SMILES string of the molecule is CCc1ccc(Nc2nnc(SCC(=O)NNC(=O)c3ccccc3)s2)cc1. The molecule has 7 nitrogen and oxygen atoms in total. The zero-order valence-corrected chi connectivity index (χ0v) is 16.8. The standard InChI is InChI=1S/C19H19N5O2S2/c1-2-13-8-10-15(11-9-13)20-18-23-24-19(28-18)27-12-16(25)21-22-17(26)14-6-4-3-5-7-14/h3-11H,2,12H2,1H3,(H,20,23)(H,21,25)(H,22,26). The lowest BCUT2D eigenvalue weighted by molar-refractivity contribution is -0.119. The van der Waals surface area contributed by atoms with E-state index in [1.807, 2.05) is 18.2 Å². The van der Waals surface area contributed by atoms with Crippen LogP contribution in [0.1, 0.15) is 22.8 Å². The molecule has 0 unspecified atom stereocenters. The summed E-state index contributed by atoms with van der Waals surface area (Å²) >= 11 is 2.62. The van der Waals surface area contributed by atoms with E-state index in [2.05, 4.69) is 45.4 Å². The van der Waals surface area contributed by atoms with Crippen molar-refractivity contribution in [2.75, 3.05) is 11.1 Å². The summed E-state index contributed by atoms with van der Waals surface area (Å²) in [4.78, 5) is 23.8. The van der Waals surface area contributed by atoms with Gasteiger partial charge in [0.05, 0.1) is 5.75 Å². The Bertz CT molecular complexity index is 929. The summed E-state index contributed by atoms with van der Waals surface area (Å²) in [7, 11) is 0. The molecule has 28 heavy (non-hydrogen) atoms. The fourth-order valence-corrected chi connectivity index (χ4v) is 3.79. The molecule has 3 N–H and O–H groups in total. The first kappa shape index (κ1) is 19.8. The molecule has 144 valence electrons. The highest BCUT2D eigenvalue weighted by Gasteiger charge is 2.10. The molecule has 0 aliphatic heterocycles. The van der Waals surface area contributed by atoms with Gasteiger partial charge in [0.2, 0.25) is 11.0 Å². The second kappa shape index (κ2) is 9.86. The van der Waals surface area contributed by atoms with Gasteiger partial charge in [-0.05, 0) is 36.2 Å². The van der Waals surface area contributed by atoms with Crippen LogP contribution in [-0.2, 0) is 11.2 Å². The highest BCUT2D eigenvalue weighted by Crippen LogP contribution is 2.27. The maximum absolute atomic E-state index is 11.9. The van der Waals surface area contributed by atoms with E-state index in [9.17, 15) is 9.59 Å². The molecule has 9 heteroatoms. The third-order valence-corrected chi connectivity index (χ3v) is 5.67. The number of thioether (sulfide) groups is 1. The van der Waals surface area contributed by atoms with E-state index < -0.39 is 0 Å². The number of carbonyl (C=O) groups is 2. The summed E-state index contributed by atoms with van der Waals surface area (Å²) in [6.07, 6.45) is 0.994. The molecule has 0 bridgehead atoms. The van der Waals surface area contributed by atoms with Crippen LogP contribution in [0.5, 0.6) is 0 Å². The number of nitrogens with zero attached hydrogens (tertiary/aromatic N) is 2. The Hall–Kier alpha value is -2.91. The number of benzene rings is 2. The maximum Gasteiger partial charge on any atom is 0.269 e. The Morgan fingerprint density at radius 2 is 1.75 bits per heavy atom. The lowest BCUT2D eigenvalue weighted by Crippen LogP contribution is -2.42. The highest BCUT2D eigenvalue weighted by atomic mass is 32.2. The normalized spacial score (nSPS) is 10.3. The highest BCUT2D eigenvalue weighted by molar-refractivity contribution is 8.01. The Morgan fingerprint density at radius 3 is 2.46 bits per heavy atom. The van der Waals surface area contributed by atoms with Crippen molar-refractivity contribution in [1.82, 2.24) is 21.0 Å². The average molecular weight is 414 g/mol. The molecule has 0 saturated carbocycles. The van der Waals surface area contributed by atoms with Crippen molar-refractivity contribution >= 4 is 45.7 Å². The van der Waals surface area contributed by atoms with Gasteiger partial charge in [-0.1, -0.05) is 60.4 Å². The molecule has 0 spiro atoms. The zero-order chi connectivity index (χ0) is 19.8. The van der Waals surface area contributed by atoms with Crippen molar-refractivity contribution in [2.45, 2.75) is 17.7 Å². The van der Waals surface area contributed by atoms with Gasteiger partial charge in [-0.2, -0.15) is 0 Å². The molecule has 0 saturated heterocycles. The van der Waals surface area contributed by atoms with E-state index in [1.165, 1.54) is 28.7 Å². The summed E-state index contributed by atoms with van der Waals surface area (Å²) in [6.45, 7) is 2.11. The lowest BCUT2D eigenvalue weighted by atomic mass is 10.1. The first-order chi connectivity index (χ1) is 13.6. The second-order valence-electron chi connectivity index (χ2n) is 5.71. The number of hydrazine groups is 1. The third kappa shape index (κ3) is 5.80. The minimum atomic E-state index is -0.365. The molecule has 2 amide bonds. The van der Waals surface area contributed by atoms with Gasteiger partial charge < -0.3 is 5.32 Å². The van der Waals surface area contributed by atoms with Crippen molar-refractivity contribution in [1.29, 1.82) is 0 Å². The van der Waals surface area contributed by atoms with E-state index >= 15 is 0 Å². The minimum absolute atomic E-state index is 0.120. The van der Waals surface area contributed by atoms with Gasteiger partial charge in [0.1, 0.15) is 0 Å². The number of anilines is 2. The van der Waals surface area contributed by atoms with E-state index in [1.54, 1.807) is 24.3 Å². The van der Waals surface area contributed by atoms with Gasteiger partial charge in [-0.15, -0.1) is 10.2 Å². The van der Waals surface area contributed by atoms with Crippen molar-refractivity contribution in [3.8, 4) is 0 Å². The van der Waals surface area contributed by atoms with Crippen molar-refractivity contribution in [3.05, 3.63) is 65.7 Å². The number of hydrogen-bond acceptors (Lipinski definition) is 7. The molecule has 0 radical (unpaired) electrons. The van der Waals surface area contributed by atoms with Crippen LogP contribution in [0, 0.1) is 0 Å². The number of aryl methyl sites for hydroxylation is 1. The first-order valence-electron chi connectivity index (χ1n) is 8.60. The summed E-state index contributed by atoms with van der Waals surface area (Å²) in [5.74, 6) is -0.570. The molecular weight excluding hydrogens is 394 g/mol. The van der Waals surface area contributed by atoms with E-state index in [0.29, 0.717) is 15.0 Å². The zero-order valence-electron chi connectivity index (χ0n) is 15.1. The van der Waals surface area contributed by atoms with Crippen LogP contribution >= 0.6 is 23.1 Å². The topological polar surface area (TPSA) is 96.0 Å². The van der Waals surface area contributed by atoms with Crippen LogP contribution < -0.4 is 16.2 Å². The van der Waals surface area contributed by atoms with Crippen molar-refractivity contribution in [2.24, 2.45) is 0 Å². The molecular formula is C19H19N5O2S2. The summed E-state index contributed by atoms with van der Waals surface area (Å²) < 4.78 is 0.664. The van der Waals surface area contributed by atoms with E-state index in [4.69, 9.17) is 0 Å². The summed E-state index contributed by atoms with van der Waals surface area (Å²) in [6, 6.07) is 16.8. The smallest absolute Gasteiger partial charge is 0.269 e. The van der Waals surface area contributed by atoms with Crippen LogP contribution in [0.4, 0.5) is 10.8 Å². The van der Waals surface area contributed by atoms with Crippen molar-refractivity contribution < 1.29 is 9.59 Å². The summed E-state index contributed by atoms with van der Waals surface area (Å²) in [5.41, 5.74) is 7.45. The van der Waals surface area contributed by atoms with Gasteiger partial charge in [0.25, 0.3) is 5.91 Å². The number of rotatable bonds is 7.